The maximum atomic E-state index is 10.7. The first kappa shape index (κ1) is 9.90. The van der Waals surface area contributed by atoms with Crippen LogP contribution in [0.4, 0.5) is 4.79 Å². The normalized spacial score (nSPS) is 9.27. The van der Waals surface area contributed by atoms with Crippen molar-refractivity contribution in [3.05, 3.63) is 0 Å². The molecule has 0 aliphatic carbocycles. The van der Waals surface area contributed by atoms with Crippen molar-refractivity contribution in [2.45, 2.75) is 13.3 Å². The van der Waals surface area contributed by atoms with Gasteiger partial charge in [-0.2, -0.15) is 0 Å². The van der Waals surface area contributed by atoms with E-state index < -0.39 is 18.5 Å². The number of carbonyl (C=O) groups is 2. The molecule has 3 amide bonds. The molecular formula is C6H12N2O3. The van der Waals surface area contributed by atoms with E-state index in [1.807, 2.05) is 0 Å². The first-order chi connectivity index (χ1) is 5.13. The van der Waals surface area contributed by atoms with Crippen LogP contribution in [0.1, 0.15) is 13.3 Å². The number of imide groups is 1. The number of nitrogens with zero attached hydrogens (tertiary/aromatic N) is 1. The average Bonchev–Trinajstić information content (AvgIpc) is 1.98. The molecular weight excluding hydrogens is 148 g/mol. The van der Waals surface area contributed by atoms with Gasteiger partial charge in [0.2, 0.25) is 0 Å². The van der Waals surface area contributed by atoms with E-state index in [0.29, 0.717) is 6.42 Å². The van der Waals surface area contributed by atoms with Gasteiger partial charge in [0.1, 0.15) is 6.61 Å². The van der Waals surface area contributed by atoms with Crippen LogP contribution >= 0.6 is 0 Å². The SMILES string of the molecule is CCCN(C(N)=O)C(=O)CO. The Morgan fingerprint density at radius 1 is 1.55 bits per heavy atom. The Hall–Kier alpha value is -1.10. The molecule has 0 aromatic carbocycles. The van der Waals surface area contributed by atoms with Gasteiger partial charge >= 0.3 is 6.03 Å². The highest BCUT2D eigenvalue weighted by atomic mass is 16.3. The summed E-state index contributed by atoms with van der Waals surface area (Å²) >= 11 is 0. The molecule has 3 N–H and O–H groups in total. The first-order valence-electron chi connectivity index (χ1n) is 3.34. The molecule has 0 atom stereocenters. The van der Waals surface area contributed by atoms with Crippen molar-refractivity contribution in [1.82, 2.24) is 4.90 Å². The van der Waals surface area contributed by atoms with Gasteiger partial charge in [0.05, 0.1) is 0 Å². The summed E-state index contributed by atoms with van der Waals surface area (Å²) in [5, 5.41) is 8.38. The van der Waals surface area contributed by atoms with Gasteiger partial charge in [0.25, 0.3) is 5.91 Å². The van der Waals surface area contributed by atoms with Crippen LogP contribution in [0.25, 0.3) is 0 Å². The summed E-state index contributed by atoms with van der Waals surface area (Å²) in [6.07, 6.45) is 0.634. The minimum atomic E-state index is -0.814. The van der Waals surface area contributed by atoms with E-state index in [-0.39, 0.29) is 6.54 Å². The first-order valence-corrected chi connectivity index (χ1v) is 3.34. The molecule has 5 heteroatoms. The molecule has 0 saturated heterocycles. The Morgan fingerprint density at radius 2 is 2.09 bits per heavy atom. The molecule has 0 saturated carbocycles. The van der Waals surface area contributed by atoms with Gasteiger partial charge in [-0.05, 0) is 6.42 Å². The Bertz CT molecular complexity index is 158. The summed E-state index contributed by atoms with van der Waals surface area (Å²) < 4.78 is 0. The number of primary amides is 1. The zero-order valence-electron chi connectivity index (χ0n) is 6.41. The number of nitrogens with two attached hydrogens (primary N) is 1. The van der Waals surface area contributed by atoms with Gasteiger partial charge in [-0.15, -0.1) is 0 Å². The lowest BCUT2D eigenvalue weighted by Gasteiger charge is -2.15. The van der Waals surface area contributed by atoms with Crippen molar-refractivity contribution in [3.63, 3.8) is 0 Å². The molecule has 0 aromatic heterocycles. The van der Waals surface area contributed by atoms with E-state index >= 15 is 0 Å². The topological polar surface area (TPSA) is 83.6 Å². The van der Waals surface area contributed by atoms with E-state index in [2.05, 4.69) is 0 Å². The predicted molar refractivity (Wildman–Crippen MR) is 38.7 cm³/mol. The fourth-order valence-corrected chi connectivity index (χ4v) is 0.667. The summed E-state index contributed by atoms with van der Waals surface area (Å²) in [7, 11) is 0. The van der Waals surface area contributed by atoms with Crippen molar-refractivity contribution in [1.29, 1.82) is 0 Å². The largest absolute Gasteiger partial charge is 0.387 e. The number of aliphatic hydroxyl groups excluding tert-OH is 1. The van der Waals surface area contributed by atoms with Crippen molar-refractivity contribution >= 4 is 11.9 Å². The highest BCUT2D eigenvalue weighted by molar-refractivity contribution is 5.94. The van der Waals surface area contributed by atoms with Gasteiger partial charge in [-0.1, -0.05) is 6.92 Å². The lowest BCUT2D eigenvalue weighted by atomic mass is 10.4. The van der Waals surface area contributed by atoms with Crippen LogP contribution in [0, 0.1) is 0 Å². The molecule has 0 rings (SSSR count). The fourth-order valence-electron chi connectivity index (χ4n) is 0.667. The molecule has 11 heavy (non-hydrogen) atoms. The monoisotopic (exact) mass is 160 g/mol. The molecule has 0 aromatic rings. The summed E-state index contributed by atoms with van der Waals surface area (Å²) in [5.74, 6) is -0.653. The van der Waals surface area contributed by atoms with Gasteiger partial charge in [-0.25, -0.2) is 4.79 Å². The lowest BCUT2D eigenvalue weighted by molar-refractivity contribution is -0.131. The zero-order chi connectivity index (χ0) is 8.85. The van der Waals surface area contributed by atoms with Crippen molar-refractivity contribution in [2.75, 3.05) is 13.2 Å². The minimum Gasteiger partial charge on any atom is -0.387 e. The second-order valence-electron chi connectivity index (χ2n) is 2.04. The molecule has 0 heterocycles. The average molecular weight is 160 g/mol. The minimum absolute atomic E-state index is 0.259. The van der Waals surface area contributed by atoms with Gasteiger partial charge in [0.15, 0.2) is 0 Å². The predicted octanol–water partition coefficient (Wildman–Crippen LogP) is -0.704. The summed E-state index contributed by atoms with van der Waals surface area (Å²) in [5.41, 5.74) is 4.85. The molecule has 5 nitrogen and oxygen atoms in total. The van der Waals surface area contributed by atoms with Crippen LogP contribution in [0.5, 0.6) is 0 Å². The summed E-state index contributed by atoms with van der Waals surface area (Å²) in [4.78, 5) is 22.0. The Labute approximate surface area is 64.8 Å². The smallest absolute Gasteiger partial charge is 0.321 e. The zero-order valence-corrected chi connectivity index (χ0v) is 6.41. The van der Waals surface area contributed by atoms with Crippen LogP contribution < -0.4 is 5.73 Å². The van der Waals surface area contributed by atoms with E-state index in [1.165, 1.54) is 0 Å². The maximum absolute atomic E-state index is 10.7. The van der Waals surface area contributed by atoms with E-state index in [4.69, 9.17) is 10.8 Å². The molecule has 0 spiro atoms. The second-order valence-corrected chi connectivity index (χ2v) is 2.04. The quantitative estimate of drug-likeness (QED) is 0.572. The van der Waals surface area contributed by atoms with Crippen molar-refractivity contribution < 1.29 is 14.7 Å². The Kier molecular flexibility index (Phi) is 4.21. The van der Waals surface area contributed by atoms with Gasteiger partial charge in [-0.3, -0.25) is 9.69 Å². The maximum Gasteiger partial charge on any atom is 0.321 e. The Morgan fingerprint density at radius 3 is 2.36 bits per heavy atom. The third-order valence-corrected chi connectivity index (χ3v) is 1.15. The van der Waals surface area contributed by atoms with Gasteiger partial charge < -0.3 is 10.8 Å². The lowest BCUT2D eigenvalue weighted by Crippen LogP contribution is -2.42. The van der Waals surface area contributed by atoms with Crippen LogP contribution in [0.3, 0.4) is 0 Å². The fraction of sp³-hybridized carbons (Fsp3) is 0.667. The molecule has 0 unspecified atom stereocenters. The highest BCUT2D eigenvalue weighted by Crippen LogP contribution is 1.91. The molecule has 0 radical (unpaired) electrons. The van der Waals surface area contributed by atoms with Crippen molar-refractivity contribution in [3.8, 4) is 0 Å². The van der Waals surface area contributed by atoms with Crippen LogP contribution in [-0.4, -0.2) is 35.1 Å². The molecule has 0 fully saturated rings. The third kappa shape index (κ3) is 2.99. The van der Waals surface area contributed by atoms with Crippen LogP contribution in [0.2, 0.25) is 0 Å². The molecule has 0 aliphatic rings. The Balaban J connectivity index is 4.09. The van der Waals surface area contributed by atoms with Crippen LogP contribution in [0.15, 0.2) is 0 Å². The van der Waals surface area contributed by atoms with E-state index in [1.54, 1.807) is 6.92 Å². The second kappa shape index (κ2) is 4.68. The van der Waals surface area contributed by atoms with Crippen molar-refractivity contribution in [2.24, 2.45) is 5.73 Å². The van der Waals surface area contributed by atoms with E-state index in [9.17, 15) is 9.59 Å². The number of hydrogen-bond acceptors (Lipinski definition) is 3. The third-order valence-electron chi connectivity index (χ3n) is 1.15. The van der Waals surface area contributed by atoms with Crippen LogP contribution in [-0.2, 0) is 4.79 Å². The number of carbonyl (C=O) groups excluding carboxylic acids is 2. The van der Waals surface area contributed by atoms with Gasteiger partial charge in [0, 0.05) is 6.54 Å². The molecule has 0 aliphatic heterocycles. The number of aliphatic hydroxyl groups is 1. The highest BCUT2D eigenvalue weighted by Gasteiger charge is 2.15. The summed E-state index contributed by atoms with van der Waals surface area (Å²) in [6, 6.07) is -0.814. The number of rotatable bonds is 3. The number of hydrogen-bond donors (Lipinski definition) is 2. The molecule has 0 bridgehead atoms. The standard InChI is InChI=1S/C6H12N2O3/c1-2-3-8(6(7)11)5(10)4-9/h9H,2-4H2,1H3,(H2,7,11). The summed E-state index contributed by atoms with van der Waals surface area (Å²) in [6.45, 7) is 1.39. The molecule has 64 valence electrons. The number of urea groups is 1. The van der Waals surface area contributed by atoms with E-state index in [0.717, 1.165) is 4.90 Å². The number of amides is 3.